The second-order valence-corrected chi connectivity index (χ2v) is 9.19. The third-order valence-electron chi connectivity index (χ3n) is 5.34. The molecule has 0 heterocycles. The van der Waals surface area contributed by atoms with E-state index >= 15 is 0 Å². The minimum atomic E-state index is -4.48. The molecule has 0 saturated heterocycles. The van der Waals surface area contributed by atoms with E-state index in [1.54, 1.807) is 0 Å². The Labute approximate surface area is 189 Å². The largest absolute Gasteiger partial charge is 0.491 e. The molecule has 0 amide bonds. The van der Waals surface area contributed by atoms with Gasteiger partial charge in [0.1, 0.15) is 18.1 Å². The monoisotopic (exact) mass is 478 g/mol. The van der Waals surface area contributed by atoms with Crippen molar-refractivity contribution >= 4 is 23.5 Å². The van der Waals surface area contributed by atoms with Crippen LogP contribution in [-0.4, -0.2) is 56.9 Å². The minimum Gasteiger partial charge on any atom is -0.491 e. The first-order valence-electron chi connectivity index (χ1n) is 10.6. The molecular weight excluding hydrogens is 449 g/mol. The van der Waals surface area contributed by atoms with Crippen molar-refractivity contribution in [1.82, 2.24) is 0 Å². The number of carbonyl (C=O) groups is 2. The predicted octanol–water partition coefficient (Wildman–Crippen LogP) is 3.92. The van der Waals surface area contributed by atoms with Crippen LogP contribution in [0.4, 0.5) is 13.2 Å². The molecule has 6 nitrogen and oxygen atoms in total. The molecule has 0 radical (unpaired) electrons. The Morgan fingerprint density at radius 2 is 1.94 bits per heavy atom. The van der Waals surface area contributed by atoms with Gasteiger partial charge in [-0.25, -0.2) is 0 Å². The first kappa shape index (κ1) is 26.5. The number of ether oxygens (including phenoxy) is 1. The molecule has 32 heavy (non-hydrogen) atoms. The normalized spacial score (nSPS) is 22.2. The maximum absolute atomic E-state index is 12.8. The number of aliphatic hydroxyl groups is 2. The topological polar surface area (TPSA) is 104 Å². The lowest BCUT2D eigenvalue weighted by molar-refractivity contribution is -0.138. The molecule has 3 N–H and O–H groups in total. The van der Waals surface area contributed by atoms with Crippen molar-refractivity contribution in [2.24, 2.45) is 5.92 Å². The van der Waals surface area contributed by atoms with Gasteiger partial charge < -0.3 is 20.1 Å². The lowest BCUT2D eigenvalue weighted by atomic mass is 9.98. The Morgan fingerprint density at radius 3 is 2.62 bits per heavy atom. The van der Waals surface area contributed by atoms with Crippen molar-refractivity contribution in [3.8, 4) is 5.75 Å². The van der Waals surface area contributed by atoms with Crippen molar-refractivity contribution in [2.75, 3.05) is 12.4 Å². The zero-order valence-electron chi connectivity index (χ0n) is 17.6. The highest BCUT2D eigenvalue weighted by Crippen LogP contribution is 2.37. The first-order valence-corrected chi connectivity index (χ1v) is 11.6. The highest BCUT2D eigenvalue weighted by Gasteiger charge is 2.41. The summed E-state index contributed by atoms with van der Waals surface area (Å²) in [5.74, 6) is -1.00. The van der Waals surface area contributed by atoms with Crippen molar-refractivity contribution in [3.63, 3.8) is 0 Å². The van der Waals surface area contributed by atoms with E-state index < -0.39 is 29.9 Å². The van der Waals surface area contributed by atoms with E-state index in [1.807, 2.05) is 0 Å². The van der Waals surface area contributed by atoms with E-state index in [-0.39, 0.29) is 47.9 Å². The number of Topliss-reactive ketones (excluding diaryl/α,β-unsaturated/α-hetero) is 1. The molecule has 4 atom stereocenters. The number of thioether (sulfide) groups is 1. The Hall–Kier alpha value is -1.78. The summed E-state index contributed by atoms with van der Waals surface area (Å²) in [7, 11) is 0. The molecule has 10 heteroatoms. The molecule has 1 aliphatic rings. The molecule has 1 fully saturated rings. The van der Waals surface area contributed by atoms with E-state index in [0.29, 0.717) is 12.8 Å². The molecule has 0 aromatic heterocycles. The predicted molar refractivity (Wildman–Crippen MR) is 114 cm³/mol. The number of carboxylic acid groups (broad SMARTS) is 1. The molecule has 1 aromatic carbocycles. The van der Waals surface area contributed by atoms with Crippen LogP contribution in [0.25, 0.3) is 0 Å². The number of unbranched alkanes of at least 4 members (excludes halogenated alkanes) is 3. The van der Waals surface area contributed by atoms with E-state index in [9.17, 15) is 33.0 Å². The van der Waals surface area contributed by atoms with Crippen LogP contribution >= 0.6 is 11.8 Å². The van der Waals surface area contributed by atoms with Crippen molar-refractivity contribution < 1.29 is 42.8 Å². The number of alkyl halides is 3. The average molecular weight is 479 g/mol. The summed E-state index contributed by atoms with van der Waals surface area (Å²) >= 11 is 1.27. The summed E-state index contributed by atoms with van der Waals surface area (Å²) in [6.45, 7) is -0.209. The molecule has 1 saturated carbocycles. The van der Waals surface area contributed by atoms with Gasteiger partial charge in [0.2, 0.25) is 0 Å². The number of halogens is 3. The van der Waals surface area contributed by atoms with Crippen LogP contribution in [0, 0.1) is 5.92 Å². The zero-order valence-corrected chi connectivity index (χ0v) is 18.4. The van der Waals surface area contributed by atoms with E-state index in [0.717, 1.165) is 31.4 Å². The number of carboxylic acids is 1. The lowest BCUT2D eigenvalue weighted by Crippen LogP contribution is -2.28. The van der Waals surface area contributed by atoms with Gasteiger partial charge in [0.15, 0.2) is 0 Å². The molecule has 180 valence electrons. The summed E-state index contributed by atoms with van der Waals surface area (Å²) in [6, 6.07) is 4.41. The third-order valence-corrected chi connectivity index (χ3v) is 6.95. The Morgan fingerprint density at radius 1 is 1.22 bits per heavy atom. The molecule has 2 unspecified atom stereocenters. The number of rotatable bonds is 13. The second-order valence-electron chi connectivity index (χ2n) is 7.98. The molecule has 0 aliphatic heterocycles. The van der Waals surface area contributed by atoms with Crippen LogP contribution in [0.15, 0.2) is 24.3 Å². The summed E-state index contributed by atoms with van der Waals surface area (Å²) in [6.07, 6.45) is -2.57. The number of aliphatic carboxylic acids is 1. The van der Waals surface area contributed by atoms with E-state index in [1.165, 1.54) is 23.9 Å². The van der Waals surface area contributed by atoms with Gasteiger partial charge in [-0.3, -0.25) is 9.59 Å². The highest BCUT2D eigenvalue weighted by atomic mass is 32.2. The molecule has 0 bridgehead atoms. The van der Waals surface area contributed by atoms with Crippen LogP contribution < -0.4 is 4.74 Å². The zero-order chi connectivity index (χ0) is 23.7. The van der Waals surface area contributed by atoms with Gasteiger partial charge in [0.05, 0.1) is 17.8 Å². The number of aliphatic hydroxyl groups excluding tert-OH is 2. The number of hydrogen-bond acceptors (Lipinski definition) is 6. The summed E-state index contributed by atoms with van der Waals surface area (Å²) in [4.78, 5) is 22.8. The van der Waals surface area contributed by atoms with Crippen molar-refractivity contribution in [2.45, 2.75) is 68.6 Å². The number of hydrogen-bond donors (Lipinski definition) is 3. The second kappa shape index (κ2) is 12.5. The average Bonchev–Trinajstić information content (AvgIpc) is 2.99. The lowest BCUT2D eigenvalue weighted by Gasteiger charge is -2.22. The Balaban J connectivity index is 1.76. The number of benzene rings is 1. The van der Waals surface area contributed by atoms with Crippen LogP contribution in [0.3, 0.4) is 0 Å². The maximum atomic E-state index is 12.8. The fourth-order valence-corrected chi connectivity index (χ4v) is 5.08. The quantitative estimate of drug-likeness (QED) is 0.369. The van der Waals surface area contributed by atoms with Gasteiger partial charge in [0, 0.05) is 29.8 Å². The molecule has 1 aromatic rings. The number of carbonyl (C=O) groups excluding carboxylic acids is 1. The standard InChI is InChI=1S/C22H29F3O6S/c23-22(24,25)14-6-5-7-16(10-14)31-12-15(26)13-32-21-17(18(27)11-19(21)28)8-3-1-2-4-9-20(29)30/h5-7,10,15,17,19,21,26,28H,1-4,8-9,11-13H2,(H,29,30)/t15?,17-,19?,21+/m0/s1. The van der Waals surface area contributed by atoms with Crippen molar-refractivity contribution in [1.29, 1.82) is 0 Å². The molecular formula is C22H29F3O6S. The highest BCUT2D eigenvalue weighted by molar-refractivity contribution is 8.00. The minimum absolute atomic E-state index is 0.000674. The van der Waals surface area contributed by atoms with Gasteiger partial charge in [-0.05, 0) is 31.0 Å². The molecule has 0 spiro atoms. The SMILES string of the molecule is O=C(O)CCCCCC[C@H]1C(=O)CC(O)[C@@H]1SCC(O)COc1cccc(C(F)(F)F)c1. The smallest absolute Gasteiger partial charge is 0.416 e. The van der Waals surface area contributed by atoms with Crippen molar-refractivity contribution in [3.05, 3.63) is 29.8 Å². The fraction of sp³-hybridized carbons (Fsp3) is 0.636. The van der Waals surface area contributed by atoms with Gasteiger partial charge in [-0.2, -0.15) is 24.9 Å². The van der Waals surface area contributed by atoms with Crippen LogP contribution in [0.2, 0.25) is 0 Å². The summed E-state index contributed by atoms with van der Waals surface area (Å²) in [5.41, 5.74) is -0.836. The van der Waals surface area contributed by atoms with Crippen LogP contribution in [0.5, 0.6) is 5.75 Å². The van der Waals surface area contributed by atoms with Crippen LogP contribution in [0.1, 0.15) is 50.5 Å². The molecule has 2 rings (SSSR count). The third kappa shape index (κ3) is 8.63. The Bertz CT molecular complexity index is 757. The van der Waals surface area contributed by atoms with Crippen LogP contribution in [-0.2, 0) is 15.8 Å². The van der Waals surface area contributed by atoms with E-state index in [2.05, 4.69) is 0 Å². The summed E-state index contributed by atoms with van der Waals surface area (Å²) in [5, 5.41) is 28.7. The first-order chi connectivity index (χ1) is 15.1. The van der Waals surface area contributed by atoms with E-state index in [4.69, 9.17) is 9.84 Å². The summed E-state index contributed by atoms with van der Waals surface area (Å²) < 4.78 is 43.6. The Kier molecular flexibility index (Phi) is 10.3. The fourth-order valence-electron chi connectivity index (χ4n) is 3.70. The van der Waals surface area contributed by atoms with Gasteiger partial charge in [0.25, 0.3) is 0 Å². The van der Waals surface area contributed by atoms with Gasteiger partial charge in [-0.15, -0.1) is 0 Å². The van der Waals surface area contributed by atoms with Gasteiger partial charge in [-0.1, -0.05) is 25.3 Å². The number of ketones is 1. The maximum Gasteiger partial charge on any atom is 0.416 e. The van der Waals surface area contributed by atoms with Gasteiger partial charge >= 0.3 is 12.1 Å². The molecule has 1 aliphatic carbocycles.